The molecule has 0 bridgehead atoms. The number of nitrogens with zero attached hydrogens (tertiary/aromatic N) is 2. The SMILES string of the molecule is O=C(OCC1CC1)N1CCc2[nH]cnc2C1c1ccc(F)cc1. The predicted molar refractivity (Wildman–Crippen MR) is 81.3 cm³/mol. The van der Waals surface area contributed by atoms with Crippen molar-refractivity contribution in [3.05, 3.63) is 53.4 Å². The van der Waals surface area contributed by atoms with Gasteiger partial charge in [0.25, 0.3) is 0 Å². The van der Waals surface area contributed by atoms with E-state index in [0.717, 1.165) is 29.8 Å². The van der Waals surface area contributed by atoms with Gasteiger partial charge >= 0.3 is 6.09 Å². The fourth-order valence-electron chi connectivity index (χ4n) is 3.01. The molecule has 6 heteroatoms. The van der Waals surface area contributed by atoms with Crippen molar-refractivity contribution in [3.63, 3.8) is 0 Å². The third-order valence-corrected chi connectivity index (χ3v) is 4.48. The standard InChI is InChI=1S/C17H18FN3O2/c18-13-5-3-12(4-6-13)16-15-14(19-10-20-15)7-8-21(16)17(22)23-9-11-1-2-11/h3-6,10-11,16H,1-2,7-9H2,(H,19,20). The lowest BCUT2D eigenvalue weighted by molar-refractivity contribution is 0.0849. The summed E-state index contributed by atoms with van der Waals surface area (Å²) in [6.45, 7) is 1.04. The van der Waals surface area contributed by atoms with E-state index in [4.69, 9.17) is 4.74 Å². The third kappa shape index (κ3) is 2.81. The van der Waals surface area contributed by atoms with Gasteiger partial charge in [0, 0.05) is 18.7 Å². The number of hydrogen-bond acceptors (Lipinski definition) is 3. The van der Waals surface area contributed by atoms with Crippen molar-refractivity contribution in [2.45, 2.75) is 25.3 Å². The molecular weight excluding hydrogens is 297 g/mol. The van der Waals surface area contributed by atoms with Crippen LogP contribution in [0.2, 0.25) is 0 Å². The molecule has 1 aromatic carbocycles. The first-order valence-corrected chi connectivity index (χ1v) is 7.93. The number of carbonyl (C=O) groups excluding carboxylic acids is 1. The summed E-state index contributed by atoms with van der Waals surface area (Å²) in [7, 11) is 0. The first-order chi connectivity index (χ1) is 11.2. The minimum Gasteiger partial charge on any atom is -0.449 e. The molecule has 2 heterocycles. The predicted octanol–water partition coefficient (Wildman–Crippen LogP) is 3.04. The Kier molecular flexibility index (Phi) is 3.52. The summed E-state index contributed by atoms with van der Waals surface area (Å²) in [5.74, 6) is 0.226. The van der Waals surface area contributed by atoms with Gasteiger partial charge in [0.15, 0.2) is 0 Å². The van der Waals surface area contributed by atoms with Crippen molar-refractivity contribution in [3.8, 4) is 0 Å². The zero-order valence-corrected chi connectivity index (χ0v) is 12.7. The minimum atomic E-state index is -0.336. The number of H-pyrrole nitrogens is 1. The molecule has 1 N–H and O–H groups in total. The van der Waals surface area contributed by atoms with Gasteiger partial charge in [-0.05, 0) is 36.5 Å². The first kappa shape index (κ1) is 14.2. The lowest BCUT2D eigenvalue weighted by Gasteiger charge is -2.34. The molecule has 1 amide bonds. The quantitative estimate of drug-likeness (QED) is 0.947. The third-order valence-electron chi connectivity index (χ3n) is 4.48. The molecule has 23 heavy (non-hydrogen) atoms. The molecule has 1 aliphatic carbocycles. The summed E-state index contributed by atoms with van der Waals surface area (Å²) >= 11 is 0. The molecular formula is C17H18FN3O2. The molecule has 1 unspecified atom stereocenters. The van der Waals surface area contributed by atoms with Gasteiger partial charge in [-0.15, -0.1) is 0 Å². The molecule has 5 nitrogen and oxygen atoms in total. The number of carbonyl (C=O) groups is 1. The summed E-state index contributed by atoms with van der Waals surface area (Å²) in [6, 6.07) is 5.88. The highest BCUT2D eigenvalue weighted by molar-refractivity contribution is 5.69. The summed E-state index contributed by atoms with van der Waals surface area (Å²) in [6.07, 6.45) is 4.31. The minimum absolute atomic E-state index is 0.297. The van der Waals surface area contributed by atoms with Crippen LogP contribution in [-0.4, -0.2) is 34.1 Å². The number of benzene rings is 1. The van der Waals surface area contributed by atoms with E-state index in [9.17, 15) is 9.18 Å². The fraction of sp³-hybridized carbons (Fsp3) is 0.412. The number of halogens is 1. The van der Waals surface area contributed by atoms with Crippen molar-refractivity contribution in [1.29, 1.82) is 0 Å². The first-order valence-electron chi connectivity index (χ1n) is 7.93. The fourth-order valence-corrected chi connectivity index (χ4v) is 3.01. The Balaban J connectivity index is 1.63. The Labute approximate surface area is 133 Å². The van der Waals surface area contributed by atoms with Crippen LogP contribution < -0.4 is 0 Å². The van der Waals surface area contributed by atoms with Crippen molar-refractivity contribution >= 4 is 6.09 Å². The van der Waals surface area contributed by atoms with Crippen LogP contribution in [0.25, 0.3) is 0 Å². The van der Waals surface area contributed by atoms with Gasteiger partial charge in [0.05, 0.1) is 18.6 Å². The Hall–Kier alpha value is -2.37. The van der Waals surface area contributed by atoms with Gasteiger partial charge in [0.2, 0.25) is 0 Å². The van der Waals surface area contributed by atoms with Crippen molar-refractivity contribution in [2.24, 2.45) is 5.92 Å². The molecule has 0 spiro atoms. The van der Waals surface area contributed by atoms with E-state index in [1.54, 1.807) is 23.4 Å². The van der Waals surface area contributed by atoms with Crippen LogP contribution in [0.5, 0.6) is 0 Å². The summed E-state index contributed by atoms with van der Waals surface area (Å²) in [5.41, 5.74) is 2.67. The Morgan fingerprint density at radius 1 is 1.35 bits per heavy atom. The van der Waals surface area contributed by atoms with Gasteiger partial charge < -0.3 is 9.72 Å². The monoisotopic (exact) mass is 315 g/mol. The maximum atomic E-state index is 13.2. The second-order valence-corrected chi connectivity index (χ2v) is 6.18. The van der Waals surface area contributed by atoms with E-state index in [2.05, 4.69) is 9.97 Å². The lowest BCUT2D eigenvalue weighted by Crippen LogP contribution is -2.41. The molecule has 1 fully saturated rings. The number of ether oxygens (including phenoxy) is 1. The van der Waals surface area contributed by atoms with Crippen molar-refractivity contribution in [1.82, 2.24) is 14.9 Å². The Morgan fingerprint density at radius 3 is 2.87 bits per heavy atom. The van der Waals surface area contributed by atoms with Crippen molar-refractivity contribution < 1.29 is 13.9 Å². The number of fused-ring (bicyclic) bond motifs is 1. The Bertz CT molecular complexity index is 709. The van der Waals surface area contributed by atoms with Gasteiger partial charge in [-0.25, -0.2) is 14.2 Å². The molecule has 2 aromatic rings. The normalized spacial score (nSPS) is 20.2. The number of amides is 1. The molecule has 4 rings (SSSR count). The van der Waals surface area contributed by atoms with Gasteiger partial charge in [-0.1, -0.05) is 12.1 Å². The van der Waals surface area contributed by atoms with E-state index < -0.39 is 0 Å². The Morgan fingerprint density at radius 2 is 2.13 bits per heavy atom. The average molecular weight is 315 g/mol. The number of nitrogens with one attached hydrogen (secondary N) is 1. The van der Waals surface area contributed by atoms with E-state index >= 15 is 0 Å². The molecule has 120 valence electrons. The molecule has 1 atom stereocenters. The number of aromatic amines is 1. The summed E-state index contributed by atoms with van der Waals surface area (Å²) in [4.78, 5) is 21.7. The highest BCUT2D eigenvalue weighted by atomic mass is 19.1. The second-order valence-electron chi connectivity index (χ2n) is 6.18. The van der Waals surface area contributed by atoms with Crippen LogP contribution in [0.4, 0.5) is 9.18 Å². The highest BCUT2D eigenvalue weighted by Crippen LogP contribution is 2.34. The molecule has 0 saturated heterocycles. The zero-order chi connectivity index (χ0) is 15.8. The number of imidazole rings is 1. The molecule has 1 saturated carbocycles. The van der Waals surface area contributed by atoms with Crippen LogP contribution in [0.15, 0.2) is 30.6 Å². The van der Waals surface area contributed by atoms with Gasteiger partial charge in [0.1, 0.15) is 11.9 Å². The second kappa shape index (κ2) is 5.68. The number of aromatic nitrogens is 2. The topological polar surface area (TPSA) is 58.2 Å². The average Bonchev–Trinajstić information content (AvgIpc) is 3.27. The van der Waals surface area contributed by atoms with E-state index in [1.165, 1.54) is 12.1 Å². The molecule has 0 radical (unpaired) electrons. The van der Waals surface area contributed by atoms with Crippen molar-refractivity contribution in [2.75, 3.05) is 13.2 Å². The molecule has 1 aliphatic heterocycles. The zero-order valence-electron chi connectivity index (χ0n) is 12.7. The summed E-state index contributed by atoms with van der Waals surface area (Å²) in [5, 5.41) is 0. The van der Waals surface area contributed by atoms with Crippen LogP contribution in [-0.2, 0) is 11.2 Å². The van der Waals surface area contributed by atoms with Crippen LogP contribution in [0.3, 0.4) is 0 Å². The number of hydrogen-bond donors (Lipinski definition) is 1. The lowest BCUT2D eigenvalue weighted by atomic mass is 9.96. The molecule has 1 aromatic heterocycles. The van der Waals surface area contributed by atoms with Gasteiger partial charge in [-0.2, -0.15) is 0 Å². The van der Waals surface area contributed by atoms with Gasteiger partial charge in [-0.3, -0.25) is 4.90 Å². The van der Waals surface area contributed by atoms with Crippen LogP contribution in [0.1, 0.15) is 35.8 Å². The smallest absolute Gasteiger partial charge is 0.410 e. The van der Waals surface area contributed by atoms with Crippen LogP contribution in [0, 0.1) is 11.7 Å². The van der Waals surface area contributed by atoms with E-state index in [-0.39, 0.29) is 18.0 Å². The molecule has 2 aliphatic rings. The van der Waals surface area contributed by atoms with Crippen LogP contribution >= 0.6 is 0 Å². The van der Waals surface area contributed by atoms with E-state index in [0.29, 0.717) is 25.5 Å². The highest BCUT2D eigenvalue weighted by Gasteiger charge is 2.35. The largest absolute Gasteiger partial charge is 0.449 e. The maximum Gasteiger partial charge on any atom is 0.410 e. The van der Waals surface area contributed by atoms with E-state index in [1.807, 2.05) is 0 Å². The maximum absolute atomic E-state index is 13.2. The summed E-state index contributed by atoms with van der Waals surface area (Å²) < 4.78 is 18.7. The number of rotatable bonds is 3.